The van der Waals surface area contributed by atoms with Crippen LogP contribution in [0.25, 0.3) is 33.4 Å². The number of aromatic nitrogens is 3. The third kappa shape index (κ3) is 3.01. The maximum atomic E-state index is 13.5. The highest BCUT2D eigenvalue weighted by Gasteiger charge is 2.24. The molecule has 0 saturated heterocycles. The van der Waals surface area contributed by atoms with Crippen LogP contribution in [-0.4, -0.2) is 28.7 Å². The van der Waals surface area contributed by atoms with Crippen LogP contribution in [0, 0.1) is 5.82 Å². The minimum Gasteiger partial charge on any atom is -0.497 e. The van der Waals surface area contributed by atoms with Gasteiger partial charge in [-0.05, 0) is 48.0 Å². The van der Waals surface area contributed by atoms with Crippen LogP contribution in [0.15, 0.2) is 66.9 Å². The molecule has 0 amide bonds. The molecule has 0 radical (unpaired) electrons. The minimum absolute atomic E-state index is 0.195. The van der Waals surface area contributed by atoms with Crippen LogP contribution in [0.2, 0.25) is 0 Å². The fourth-order valence-corrected chi connectivity index (χ4v) is 4.10. The van der Waals surface area contributed by atoms with Crippen LogP contribution < -0.4 is 14.2 Å². The zero-order valence-electron chi connectivity index (χ0n) is 17.2. The second-order valence-corrected chi connectivity index (χ2v) is 7.65. The molecule has 3 aromatic carbocycles. The lowest BCUT2D eigenvalue weighted by molar-refractivity contribution is 0.174. The van der Waals surface area contributed by atoms with Gasteiger partial charge in [0.1, 0.15) is 23.0 Å². The SMILES string of the molecule is COc1ccc(Cn2cc3c(-c4ccc(F)cc4)nnc-3c3cc4c(cc32)OCO4)cc1. The van der Waals surface area contributed by atoms with Crippen molar-refractivity contribution in [3.05, 3.63) is 78.2 Å². The first-order valence-corrected chi connectivity index (χ1v) is 10.2. The average Bonchev–Trinajstić information content (AvgIpc) is 3.45. The van der Waals surface area contributed by atoms with Crippen LogP contribution in [0.5, 0.6) is 17.2 Å². The topological polar surface area (TPSA) is 58.4 Å². The van der Waals surface area contributed by atoms with Crippen LogP contribution in [-0.2, 0) is 6.54 Å². The Bertz CT molecular complexity index is 1410. The molecular formula is C25H18FN3O3. The first-order chi connectivity index (χ1) is 15.7. The molecule has 158 valence electrons. The number of halogens is 1. The van der Waals surface area contributed by atoms with E-state index in [1.807, 2.05) is 42.6 Å². The first-order valence-electron chi connectivity index (χ1n) is 10.2. The van der Waals surface area contributed by atoms with Gasteiger partial charge in [0.05, 0.1) is 12.6 Å². The Morgan fingerprint density at radius 3 is 2.41 bits per heavy atom. The lowest BCUT2D eigenvalue weighted by atomic mass is 10.0. The van der Waals surface area contributed by atoms with Gasteiger partial charge in [0.15, 0.2) is 11.5 Å². The Morgan fingerprint density at radius 2 is 1.66 bits per heavy atom. The molecule has 3 aliphatic heterocycles. The number of benzene rings is 3. The van der Waals surface area contributed by atoms with Crippen molar-refractivity contribution in [1.29, 1.82) is 0 Å². The number of rotatable bonds is 4. The third-order valence-electron chi connectivity index (χ3n) is 5.73. The molecule has 0 spiro atoms. The monoisotopic (exact) mass is 427 g/mol. The molecule has 6 rings (SSSR count). The number of pyridine rings is 1. The van der Waals surface area contributed by atoms with Gasteiger partial charge in [-0.2, -0.15) is 0 Å². The smallest absolute Gasteiger partial charge is 0.231 e. The highest BCUT2D eigenvalue weighted by Crippen LogP contribution is 2.42. The van der Waals surface area contributed by atoms with Crippen LogP contribution in [0.1, 0.15) is 5.56 Å². The van der Waals surface area contributed by atoms with Crippen molar-refractivity contribution < 1.29 is 18.6 Å². The first kappa shape index (κ1) is 18.6. The van der Waals surface area contributed by atoms with E-state index in [4.69, 9.17) is 14.2 Å². The number of ether oxygens (including phenoxy) is 3. The van der Waals surface area contributed by atoms with Crippen molar-refractivity contribution in [3.63, 3.8) is 0 Å². The van der Waals surface area contributed by atoms with Crippen molar-refractivity contribution in [3.8, 4) is 39.8 Å². The number of methoxy groups -OCH3 is 1. The standard InChI is InChI=1S/C25H18FN3O3/c1-30-18-8-2-15(3-9-18)12-29-13-20-24(16-4-6-17(26)7-5-16)27-28-25(20)19-10-22-23(11-21(19)29)32-14-31-22/h2-11,13H,12,14H2,1H3. The second kappa shape index (κ2) is 7.23. The van der Waals surface area contributed by atoms with Gasteiger partial charge in [0, 0.05) is 35.3 Å². The quantitative estimate of drug-likeness (QED) is 0.398. The molecule has 0 aliphatic carbocycles. The van der Waals surface area contributed by atoms with Crippen LogP contribution in [0.4, 0.5) is 4.39 Å². The van der Waals surface area contributed by atoms with E-state index < -0.39 is 0 Å². The summed E-state index contributed by atoms with van der Waals surface area (Å²) in [5.74, 6) is 1.92. The van der Waals surface area contributed by atoms with E-state index in [1.54, 1.807) is 19.2 Å². The fraction of sp³-hybridized carbons (Fsp3) is 0.120. The molecule has 32 heavy (non-hydrogen) atoms. The molecule has 0 bridgehead atoms. The Labute approximate surface area is 183 Å². The number of fused-ring (bicyclic) bond motifs is 4. The summed E-state index contributed by atoms with van der Waals surface area (Å²) in [7, 11) is 1.65. The normalized spacial score (nSPS) is 12.6. The molecule has 6 nitrogen and oxygen atoms in total. The molecule has 3 aliphatic rings. The van der Waals surface area contributed by atoms with Gasteiger partial charge in [0.25, 0.3) is 0 Å². The molecule has 0 saturated carbocycles. The molecule has 0 aromatic heterocycles. The Hall–Kier alpha value is -4.13. The molecule has 0 N–H and O–H groups in total. The summed E-state index contributed by atoms with van der Waals surface area (Å²) in [4.78, 5) is 0. The van der Waals surface area contributed by atoms with Crippen LogP contribution >= 0.6 is 0 Å². The van der Waals surface area contributed by atoms with E-state index in [1.165, 1.54) is 12.1 Å². The third-order valence-corrected chi connectivity index (χ3v) is 5.73. The van der Waals surface area contributed by atoms with E-state index >= 15 is 0 Å². The van der Waals surface area contributed by atoms with Gasteiger partial charge in [-0.25, -0.2) is 4.39 Å². The maximum Gasteiger partial charge on any atom is 0.231 e. The number of hydrogen-bond donors (Lipinski definition) is 0. The van der Waals surface area contributed by atoms with Crippen molar-refractivity contribution in [2.75, 3.05) is 13.9 Å². The van der Waals surface area contributed by atoms with Gasteiger partial charge in [-0.3, -0.25) is 0 Å². The Morgan fingerprint density at radius 1 is 0.938 bits per heavy atom. The lowest BCUT2D eigenvalue weighted by Gasteiger charge is -2.16. The molecule has 3 aromatic rings. The zero-order valence-corrected chi connectivity index (χ0v) is 17.2. The lowest BCUT2D eigenvalue weighted by Crippen LogP contribution is -2.04. The summed E-state index contributed by atoms with van der Waals surface area (Å²) in [6.07, 6.45) is 2.04. The molecule has 7 heteroatoms. The minimum atomic E-state index is -0.287. The summed E-state index contributed by atoms with van der Waals surface area (Å²) in [5, 5.41) is 9.82. The van der Waals surface area contributed by atoms with E-state index in [0.717, 1.165) is 39.0 Å². The Balaban J connectivity index is 1.56. The highest BCUT2D eigenvalue weighted by molar-refractivity contribution is 5.99. The van der Waals surface area contributed by atoms with Gasteiger partial charge < -0.3 is 18.8 Å². The second-order valence-electron chi connectivity index (χ2n) is 7.65. The summed E-state index contributed by atoms with van der Waals surface area (Å²) >= 11 is 0. The molecule has 0 unspecified atom stereocenters. The average molecular weight is 427 g/mol. The predicted octanol–water partition coefficient (Wildman–Crippen LogP) is 5.13. The van der Waals surface area contributed by atoms with E-state index in [0.29, 0.717) is 23.7 Å². The van der Waals surface area contributed by atoms with Gasteiger partial charge in [-0.1, -0.05) is 12.1 Å². The number of hydrogen-bond acceptors (Lipinski definition) is 5. The highest BCUT2D eigenvalue weighted by atomic mass is 19.1. The summed E-state index contributed by atoms with van der Waals surface area (Å²) < 4.78 is 32.1. The maximum absolute atomic E-state index is 13.5. The largest absolute Gasteiger partial charge is 0.497 e. The van der Waals surface area contributed by atoms with Crippen molar-refractivity contribution >= 4 is 10.9 Å². The predicted molar refractivity (Wildman–Crippen MR) is 118 cm³/mol. The van der Waals surface area contributed by atoms with E-state index in [2.05, 4.69) is 14.8 Å². The van der Waals surface area contributed by atoms with Crippen LogP contribution in [0.3, 0.4) is 0 Å². The molecular weight excluding hydrogens is 409 g/mol. The molecule has 0 atom stereocenters. The van der Waals surface area contributed by atoms with E-state index in [9.17, 15) is 4.39 Å². The fourth-order valence-electron chi connectivity index (χ4n) is 4.10. The van der Waals surface area contributed by atoms with Gasteiger partial charge >= 0.3 is 0 Å². The zero-order chi connectivity index (χ0) is 21.7. The summed E-state index contributed by atoms with van der Waals surface area (Å²) in [5.41, 5.74) is 5.25. The van der Waals surface area contributed by atoms with Crippen molar-refractivity contribution in [2.45, 2.75) is 6.54 Å². The Kier molecular flexibility index (Phi) is 4.21. The number of nitrogens with zero attached hydrogens (tertiary/aromatic N) is 3. The summed E-state index contributed by atoms with van der Waals surface area (Å²) in [6.45, 7) is 0.824. The van der Waals surface area contributed by atoms with Crippen molar-refractivity contribution in [1.82, 2.24) is 14.8 Å². The summed E-state index contributed by atoms with van der Waals surface area (Å²) in [6, 6.07) is 18.2. The molecule has 3 heterocycles. The van der Waals surface area contributed by atoms with E-state index in [-0.39, 0.29) is 12.6 Å². The van der Waals surface area contributed by atoms with Crippen molar-refractivity contribution in [2.24, 2.45) is 0 Å². The van der Waals surface area contributed by atoms with Gasteiger partial charge in [0.2, 0.25) is 6.79 Å². The molecule has 0 fully saturated rings. The van der Waals surface area contributed by atoms with Gasteiger partial charge in [-0.15, -0.1) is 10.2 Å².